The zero-order valence-corrected chi connectivity index (χ0v) is 22.2. The molecule has 6 rings (SSSR count). The third-order valence-corrected chi connectivity index (χ3v) is 12.4. The Morgan fingerprint density at radius 3 is 2.32 bits per heavy atom. The molecule has 0 aromatic rings. The van der Waals surface area contributed by atoms with Crippen molar-refractivity contribution in [1.29, 1.82) is 0 Å². The van der Waals surface area contributed by atoms with E-state index >= 15 is 0 Å². The molecule has 34 heavy (non-hydrogen) atoms. The molecule has 0 amide bonds. The number of ketones is 1. The maximum absolute atomic E-state index is 12.9. The molecule has 0 unspecified atom stereocenters. The van der Waals surface area contributed by atoms with Crippen LogP contribution >= 0.6 is 0 Å². The number of hydrogen-bond donors (Lipinski definition) is 0. The summed E-state index contributed by atoms with van der Waals surface area (Å²) in [6, 6.07) is 0. The zero-order valence-electron chi connectivity index (χ0n) is 22.2. The van der Waals surface area contributed by atoms with E-state index in [2.05, 4.69) is 41.5 Å². The fourth-order valence-electron chi connectivity index (χ4n) is 10.3. The monoisotopic (exact) mass is 466 g/mol. The highest BCUT2D eigenvalue weighted by atomic mass is 16.7. The molecular weight excluding hydrogens is 424 g/mol. The van der Waals surface area contributed by atoms with Gasteiger partial charge in [0.15, 0.2) is 0 Å². The second-order valence-electron chi connectivity index (χ2n) is 13.9. The Morgan fingerprint density at radius 2 is 1.65 bits per heavy atom. The highest BCUT2D eigenvalue weighted by Gasteiger charge is 2.74. The molecule has 0 bridgehead atoms. The van der Waals surface area contributed by atoms with Gasteiger partial charge in [-0.2, -0.15) is 0 Å². The van der Waals surface area contributed by atoms with E-state index in [4.69, 9.17) is 9.47 Å². The van der Waals surface area contributed by atoms with Crippen LogP contribution in [0.25, 0.3) is 0 Å². The number of allylic oxidation sites excluding steroid dienone is 2. The quantitative estimate of drug-likeness (QED) is 0.295. The third-order valence-electron chi connectivity index (χ3n) is 12.4. The SMILES string of the molecule is CC1=C[C@@]2(C[C@@H](C)[C@]3(CC[C@@]4(C)C5=C(CC[C@@]43C)[C@@]3(C)CCC(=O)C(C)(C)[C@@H]3CC5)O2)OC1=O. The van der Waals surface area contributed by atoms with Gasteiger partial charge in [-0.25, -0.2) is 4.79 Å². The molecule has 4 aliphatic carbocycles. The Kier molecular flexibility index (Phi) is 4.38. The lowest BCUT2D eigenvalue weighted by Gasteiger charge is -2.62. The number of hydrogen-bond acceptors (Lipinski definition) is 4. The normalized spacial score (nSPS) is 51.4. The van der Waals surface area contributed by atoms with Gasteiger partial charge in [0.25, 0.3) is 0 Å². The first-order valence-corrected chi connectivity index (χ1v) is 13.6. The first kappa shape index (κ1) is 23.0. The molecule has 1 saturated heterocycles. The van der Waals surface area contributed by atoms with Crippen LogP contribution in [-0.4, -0.2) is 23.1 Å². The zero-order chi connectivity index (χ0) is 24.5. The minimum absolute atomic E-state index is 0.00168. The summed E-state index contributed by atoms with van der Waals surface area (Å²) >= 11 is 0. The second-order valence-corrected chi connectivity index (χ2v) is 13.9. The lowest BCUT2D eigenvalue weighted by Crippen LogP contribution is -2.57. The molecule has 6 aliphatic rings. The van der Waals surface area contributed by atoms with Gasteiger partial charge >= 0.3 is 5.97 Å². The van der Waals surface area contributed by atoms with Crippen LogP contribution in [0.15, 0.2) is 22.8 Å². The van der Waals surface area contributed by atoms with Crippen molar-refractivity contribution in [2.45, 2.75) is 118 Å². The summed E-state index contributed by atoms with van der Waals surface area (Å²) in [5.41, 5.74) is 3.76. The van der Waals surface area contributed by atoms with Gasteiger partial charge in [0, 0.05) is 29.2 Å². The van der Waals surface area contributed by atoms with Crippen molar-refractivity contribution < 1.29 is 19.1 Å². The van der Waals surface area contributed by atoms with Gasteiger partial charge in [-0.3, -0.25) is 4.79 Å². The highest BCUT2D eigenvalue weighted by Crippen LogP contribution is 2.76. The topological polar surface area (TPSA) is 52.6 Å². The van der Waals surface area contributed by atoms with Crippen molar-refractivity contribution in [3.8, 4) is 0 Å². The molecular formula is C30H42O4. The van der Waals surface area contributed by atoms with Gasteiger partial charge in [0.1, 0.15) is 5.78 Å². The molecule has 3 fully saturated rings. The van der Waals surface area contributed by atoms with Crippen LogP contribution in [-0.2, 0) is 19.1 Å². The maximum atomic E-state index is 12.9. The predicted molar refractivity (Wildman–Crippen MR) is 131 cm³/mol. The minimum atomic E-state index is -0.874. The van der Waals surface area contributed by atoms with E-state index in [-0.39, 0.29) is 33.2 Å². The van der Waals surface area contributed by atoms with E-state index < -0.39 is 5.79 Å². The van der Waals surface area contributed by atoms with Gasteiger partial charge in [-0.1, -0.05) is 52.7 Å². The highest BCUT2D eigenvalue weighted by molar-refractivity contribution is 5.90. The van der Waals surface area contributed by atoms with Gasteiger partial charge in [0.05, 0.1) is 5.60 Å². The fraction of sp³-hybridized carbons (Fsp3) is 0.800. The molecule has 0 N–H and O–H groups in total. The van der Waals surface area contributed by atoms with Crippen LogP contribution in [0, 0.1) is 33.5 Å². The molecule has 2 aliphatic heterocycles. The van der Waals surface area contributed by atoms with Crippen LogP contribution in [0.5, 0.6) is 0 Å². The third kappa shape index (κ3) is 2.40. The average Bonchev–Trinajstić information content (AvgIpc) is 3.28. The van der Waals surface area contributed by atoms with Crippen LogP contribution < -0.4 is 0 Å². The van der Waals surface area contributed by atoms with Crippen LogP contribution in [0.3, 0.4) is 0 Å². The van der Waals surface area contributed by atoms with Crippen LogP contribution in [0.1, 0.15) is 106 Å². The Balaban J connectivity index is 1.42. The van der Waals surface area contributed by atoms with E-state index in [9.17, 15) is 9.59 Å². The van der Waals surface area contributed by atoms with Gasteiger partial charge in [-0.05, 0) is 80.6 Å². The molecule has 2 saturated carbocycles. The summed E-state index contributed by atoms with van der Waals surface area (Å²) in [5.74, 6) is 0.123. The van der Waals surface area contributed by atoms with Gasteiger partial charge in [0.2, 0.25) is 5.79 Å². The average molecular weight is 467 g/mol. The van der Waals surface area contributed by atoms with Crippen molar-refractivity contribution in [2.75, 3.05) is 0 Å². The number of esters is 1. The number of rotatable bonds is 0. The lowest BCUT2D eigenvalue weighted by molar-refractivity contribution is -0.240. The molecule has 0 radical (unpaired) electrons. The van der Waals surface area contributed by atoms with Crippen LogP contribution in [0.2, 0.25) is 0 Å². The molecule has 2 heterocycles. The number of fused-ring (bicyclic) bond motifs is 5. The first-order valence-electron chi connectivity index (χ1n) is 13.6. The van der Waals surface area contributed by atoms with E-state index in [0.29, 0.717) is 29.6 Å². The fourth-order valence-corrected chi connectivity index (χ4v) is 10.3. The Bertz CT molecular complexity index is 1070. The largest absolute Gasteiger partial charge is 0.426 e. The predicted octanol–water partition coefficient (Wildman–Crippen LogP) is 6.68. The maximum Gasteiger partial charge on any atom is 0.336 e. The van der Waals surface area contributed by atoms with E-state index in [0.717, 1.165) is 51.4 Å². The van der Waals surface area contributed by atoms with Crippen LogP contribution in [0.4, 0.5) is 0 Å². The summed E-state index contributed by atoms with van der Waals surface area (Å²) in [6.07, 6.45) is 11.0. The Hall–Kier alpha value is -1.42. The molecule has 0 aromatic carbocycles. The number of carbonyl (C=O) groups excluding carboxylic acids is 2. The molecule has 186 valence electrons. The summed E-state index contributed by atoms with van der Waals surface area (Å²) in [6.45, 7) is 16.0. The van der Waals surface area contributed by atoms with Crippen molar-refractivity contribution in [1.82, 2.24) is 0 Å². The molecule has 4 nitrogen and oxygen atoms in total. The summed E-state index contributed by atoms with van der Waals surface area (Å²) in [5, 5.41) is 0. The standard InChI is InChI=1S/C30H42O4/c1-18-16-29(33-24(18)32)17-19(2)30(34-29)15-14-27(6)21-8-9-22-25(3,4)23(31)11-12-26(22,5)20(21)10-13-28(27,30)7/h16,19,22H,8-15,17H2,1-7H3/t19-,22+,26-,27+,28+,29-,30+/m1/s1. The van der Waals surface area contributed by atoms with E-state index in [1.54, 1.807) is 11.1 Å². The number of Topliss-reactive ketones (excluding diaryl/α,β-unsaturated/α-hetero) is 1. The van der Waals surface area contributed by atoms with Crippen molar-refractivity contribution >= 4 is 11.8 Å². The summed E-state index contributed by atoms with van der Waals surface area (Å²) < 4.78 is 12.9. The van der Waals surface area contributed by atoms with Crippen molar-refractivity contribution in [3.63, 3.8) is 0 Å². The summed E-state index contributed by atoms with van der Waals surface area (Å²) in [4.78, 5) is 25.2. The molecule has 4 heteroatoms. The minimum Gasteiger partial charge on any atom is -0.426 e. The van der Waals surface area contributed by atoms with E-state index in [1.807, 2.05) is 13.0 Å². The number of ether oxygens (including phenoxy) is 2. The van der Waals surface area contributed by atoms with Crippen molar-refractivity contribution in [3.05, 3.63) is 22.8 Å². The molecule has 0 aromatic heterocycles. The van der Waals surface area contributed by atoms with Gasteiger partial charge in [-0.15, -0.1) is 0 Å². The summed E-state index contributed by atoms with van der Waals surface area (Å²) in [7, 11) is 0. The number of carbonyl (C=O) groups is 2. The van der Waals surface area contributed by atoms with Gasteiger partial charge < -0.3 is 9.47 Å². The van der Waals surface area contributed by atoms with E-state index in [1.165, 1.54) is 0 Å². The smallest absolute Gasteiger partial charge is 0.336 e. The Labute approximate surface area is 204 Å². The van der Waals surface area contributed by atoms with Crippen molar-refractivity contribution in [2.24, 2.45) is 33.5 Å². The first-order chi connectivity index (χ1) is 15.7. The second kappa shape index (κ2) is 6.47. The Morgan fingerprint density at radius 1 is 0.912 bits per heavy atom. The lowest BCUT2D eigenvalue weighted by atomic mass is 9.43. The molecule has 2 spiro atoms. The molecule has 7 atom stereocenters.